The van der Waals surface area contributed by atoms with Gasteiger partial charge < -0.3 is 5.32 Å². The van der Waals surface area contributed by atoms with Crippen molar-refractivity contribution in [2.45, 2.75) is 58.8 Å². The van der Waals surface area contributed by atoms with Crippen molar-refractivity contribution >= 4 is 17.5 Å². The molecule has 0 spiro atoms. The minimum atomic E-state index is -0.271. The number of Topliss-reactive ketones (excluding diaryl/α,β-unsaturated/α-hetero) is 1. The first-order chi connectivity index (χ1) is 10.0. The summed E-state index contributed by atoms with van der Waals surface area (Å²) in [6.45, 7) is 5.85. The maximum absolute atomic E-state index is 12.3. The smallest absolute Gasteiger partial charge is 0.229 e. The highest BCUT2D eigenvalue weighted by Crippen LogP contribution is 2.39. The van der Waals surface area contributed by atoms with Gasteiger partial charge in [0.05, 0.1) is 0 Å². The maximum Gasteiger partial charge on any atom is 0.229 e. The lowest BCUT2D eigenvalue weighted by Crippen LogP contribution is -2.26. The van der Waals surface area contributed by atoms with Gasteiger partial charge in [0.1, 0.15) is 5.78 Å². The van der Waals surface area contributed by atoms with Gasteiger partial charge in [-0.05, 0) is 25.7 Å². The summed E-state index contributed by atoms with van der Waals surface area (Å²) in [5.74, 6) is 0.961. The number of carbonyl (C=O) groups is 2. The van der Waals surface area contributed by atoms with E-state index in [-0.39, 0.29) is 23.5 Å². The van der Waals surface area contributed by atoms with E-state index in [2.05, 4.69) is 15.5 Å². The molecule has 116 valence electrons. The number of amides is 1. The zero-order chi connectivity index (χ0) is 15.4. The Morgan fingerprint density at radius 3 is 2.67 bits per heavy atom. The van der Waals surface area contributed by atoms with Crippen molar-refractivity contribution in [2.75, 3.05) is 5.32 Å². The average molecular weight is 291 g/mol. The molecule has 2 atom stereocenters. The lowest BCUT2D eigenvalue weighted by molar-refractivity contribution is -0.128. The molecule has 0 saturated heterocycles. The van der Waals surface area contributed by atoms with Gasteiger partial charge in [-0.2, -0.15) is 5.10 Å². The molecule has 5 heteroatoms. The fourth-order valence-electron chi connectivity index (χ4n) is 2.33. The van der Waals surface area contributed by atoms with Gasteiger partial charge in [0.15, 0.2) is 5.82 Å². The molecule has 2 unspecified atom stereocenters. The van der Waals surface area contributed by atoms with E-state index in [1.165, 1.54) is 12.8 Å². The van der Waals surface area contributed by atoms with Crippen LogP contribution in [-0.4, -0.2) is 21.9 Å². The zero-order valence-electron chi connectivity index (χ0n) is 13.1. The predicted molar refractivity (Wildman–Crippen MR) is 82.1 cm³/mol. The molecular formula is C16H25N3O2. The van der Waals surface area contributed by atoms with Gasteiger partial charge in [-0.25, -0.2) is 0 Å². The summed E-state index contributed by atoms with van der Waals surface area (Å²) in [6, 6.07) is 1.90. The molecule has 0 radical (unpaired) electrons. The fourth-order valence-corrected chi connectivity index (χ4v) is 2.33. The summed E-state index contributed by atoms with van der Waals surface area (Å²) in [7, 11) is 0. The first-order valence-corrected chi connectivity index (χ1v) is 7.94. The second kappa shape index (κ2) is 6.87. The maximum atomic E-state index is 12.3. The third kappa shape index (κ3) is 4.16. The molecule has 0 aromatic carbocycles. The number of aromatic nitrogens is 2. The van der Waals surface area contributed by atoms with E-state index >= 15 is 0 Å². The van der Waals surface area contributed by atoms with Crippen LogP contribution in [0.2, 0.25) is 0 Å². The van der Waals surface area contributed by atoms with Crippen molar-refractivity contribution in [1.82, 2.24) is 10.2 Å². The van der Waals surface area contributed by atoms with Crippen molar-refractivity contribution in [3.8, 4) is 0 Å². The summed E-state index contributed by atoms with van der Waals surface area (Å²) >= 11 is 0. The fraction of sp³-hybridized carbons (Fsp3) is 0.688. The van der Waals surface area contributed by atoms with Crippen LogP contribution >= 0.6 is 0 Å². The number of anilines is 1. The van der Waals surface area contributed by atoms with Crippen LogP contribution in [0.15, 0.2) is 6.07 Å². The summed E-state index contributed by atoms with van der Waals surface area (Å²) in [5.41, 5.74) is 1.09. The second-order valence-corrected chi connectivity index (χ2v) is 6.06. The van der Waals surface area contributed by atoms with Crippen LogP contribution in [0, 0.1) is 11.8 Å². The molecule has 1 aromatic rings. The van der Waals surface area contributed by atoms with Gasteiger partial charge in [-0.15, -0.1) is 0 Å². The molecule has 2 rings (SSSR count). The largest absolute Gasteiger partial charge is 0.309 e. The minimum Gasteiger partial charge on any atom is -0.309 e. The standard InChI is InChI=1S/C16H25N3O2/c1-4-10(3)14(20)8-11(5-2)16(21)17-15-9-13(18-19-15)12-6-7-12/h9-12H,4-8H2,1-3H3,(H2,17,18,19,21). The monoisotopic (exact) mass is 291 g/mol. The van der Waals surface area contributed by atoms with Crippen LogP contribution in [0.3, 0.4) is 0 Å². The van der Waals surface area contributed by atoms with Crippen molar-refractivity contribution in [1.29, 1.82) is 0 Å². The zero-order valence-corrected chi connectivity index (χ0v) is 13.1. The molecule has 1 aliphatic carbocycles. The summed E-state index contributed by atoms with van der Waals surface area (Å²) in [4.78, 5) is 24.3. The Labute approximate surface area is 125 Å². The quantitative estimate of drug-likeness (QED) is 0.772. The third-order valence-electron chi connectivity index (χ3n) is 4.34. The number of nitrogens with zero attached hydrogens (tertiary/aromatic N) is 1. The Balaban J connectivity index is 1.90. The minimum absolute atomic E-state index is 0.0266. The SMILES string of the molecule is CCC(C)C(=O)CC(CC)C(=O)Nc1cc(C2CC2)[nH]n1. The highest BCUT2D eigenvalue weighted by molar-refractivity contribution is 5.95. The van der Waals surface area contributed by atoms with Gasteiger partial charge in [0.2, 0.25) is 5.91 Å². The Hall–Kier alpha value is -1.65. The van der Waals surface area contributed by atoms with E-state index in [1.54, 1.807) is 0 Å². The Morgan fingerprint density at radius 2 is 2.10 bits per heavy atom. The normalized spacial score (nSPS) is 17.3. The topological polar surface area (TPSA) is 74.8 Å². The summed E-state index contributed by atoms with van der Waals surface area (Å²) in [6.07, 6.45) is 4.18. The molecule has 21 heavy (non-hydrogen) atoms. The number of H-pyrrole nitrogens is 1. The molecule has 0 bridgehead atoms. The third-order valence-corrected chi connectivity index (χ3v) is 4.34. The van der Waals surface area contributed by atoms with Crippen molar-refractivity contribution in [3.05, 3.63) is 11.8 Å². The van der Waals surface area contributed by atoms with Gasteiger partial charge in [-0.1, -0.05) is 20.8 Å². The van der Waals surface area contributed by atoms with Crippen LogP contribution in [0.4, 0.5) is 5.82 Å². The Kier molecular flexibility index (Phi) is 5.15. The molecule has 0 aliphatic heterocycles. The van der Waals surface area contributed by atoms with Crippen molar-refractivity contribution in [2.24, 2.45) is 11.8 Å². The number of rotatable bonds is 8. The molecule has 1 aliphatic rings. The number of hydrogen-bond donors (Lipinski definition) is 2. The van der Waals surface area contributed by atoms with E-state index in [9.17, 15) is 9.59 Å². The van der Waals surface area contributed by atoms with Gasteiger partial charge in [0.25, 0.3) is 0 Å². The lowest BCUT2D eigenvalue weighted by atomic mass is 9.92. The van der Waals surface area contributed by atoms with E-state index in [0.29, 0.717) is 24.6 Å². The van der Waals surface area contributed by atoms with Crippen LogP contribution in [0.1, 0.15) is 64.5 Å². The predicted octanol–water partition coefficient (Wildman–Crippen LogP) is 3.26. The first kappa shape index (κ1) is 15.7. The van der Waals surface area contributed by atoms with Crippen LogP contribution in [0.5, 0.6) is 0 Å². The van der Waals surface area contributed by atoms with Gasteiger partial charge in [-0.3, -0.25) is 14.7 Å². The molecule has 1 saturated carbocycles. The summed E-state index contributed by atoms with van der Waals surface area (Å²) < 4.78 is 0. The summed E-state index contributed by atoms with van der Waals surface area (Å²) in [5, 5.41) is 9.91. The van der Waals surface area contributed by atoms with Crippen LogP contribution < -0.4 is 5.32 Å². The number of carbonyl (C=O) groups excluding carboxylic acids is 2. The lowest BCUT2D eigenvalue weighted by Gasteiger charge is -2.15. The molecule has 1 aromatic heterocycles. The Bertz CT molecular complexity index is 505. The number of ketones is 1. The van der Waals surface area contributed by atoms with Crippen molar-refractivity contribution in [3.63, 3.8) is 0 Å². The second-order valence-electron chi connectivity index (χ2n) is 6.06. The molecule has 1 fully saturated rings. The molecule has 1 heterocycles. The van der Waals surface area contributed by atoms with E-state index in [0.717, 1.165) is 12.1 Å². The Morgan fingerprint density at radius 1 is 1.38 bits per heavy atom. The molecule has 2 N–H and O–H groups in total. The molecule has 5 nitrogen and oxygen atoms in total. The number of aromatic amines is 1. The van der Waals surface area contributed by atoms with E-state index in [4.69, 9.17) is 0 Å². The number of hydrogen-bond acceptors (Lipinski definition) is 3. The average Bonchev–Trinajstić information content (AvgIpc) is 3.23. The highest BCUT2D eigenvalue weighted by Gasteiger charge is 2.27. The van der Waals surface area contributed by atoms with Gasteiger partial charge >= 0.3 is 0 Å². The molecule has 1 amide bonds. The van der Waals surface area contributed by atoms with Crippen LogP contribution in [-0.2, 0) is 9.59 Å². The molecular weight excluding hydrogens is 266 g/mol. The highest BCUT2D eigenvalue weighted by atomic mass is 16.2. The van der Waals surface area contributed by atoms with E-state index in [1.807, 2.05) is 26.8 Å². The number of nitrogens with one attached hydrogen (secondary N) is 2. The first-order valence-electron chi connectivity index (χ1n) is 7.94. The van der Waals surface area contributed by atoms with Gasteiger partial charge in [0, 0.05) is 35.9 Å². The van der Waals surface area contributed by atoms with Crippen molar-refractivity contribution < 1.29 is 9.59 Å². The van der Waals surface area contributed by atoms with E-state index < -0.39 is 0 Å². The van der Waals surface area contributed by atoms with Crippen LogP contribution in [0.25, 0.3) is 0 Å².